The van der Waals surface area contributed by atoms with Crippen molar-refractivity contribution in [2.75, 3.05) is 20.7 Å². The van der Waals surface area contributed by atoms with Crippen molar-refractivity contribution in [3.63, 3.8) is 0 Å². The third-order valence-electron chi connectivity index (χ3n) is 7.92. The zero-order valence-electron chi connectivity index (χ0n) is 29.2. The molecule has 0 radical (unpaired) electrons. The Kier molecular flexibility index (Phi) is 13.3. The summed E-state index contributed by atoms with van der Waals surface area (Å²) < 4.78 is 40.1. The van der Waals surface area contributed by atoms with Crippen LogP contribution in [0.1, 0.15) is 67.7 Å². The van der Waals surface area contributed by atoms with Crippen molar-refractivity contribution < 1.29 is 62.9 Å². The highest BCUT2D eigenvalue weighted by Crippen LogP contribution is 2.33. The van der Waals surface area contributed by atoms with Crippen molar-refractivity contribution >= 4 is 18.3 Å². The minimum atomic E-state index is -1.58. The quantitative estimate of drug-likeness (QED) is 0.149. The smallest absolute Gasteiger partial charge is 0.409 e. The fraction of sp³-hybridized carbons (Fsp3) is 0.900. The molecule has 12 atom stereocenters. The molecule has 2 heterocycles. The molecule has 0 aromatic rings. The minimum absolute atomic E-state index is 0.00330. The SMILES string of the molecule is CNC(=O)O[C@H]1CC[C@@H](NC(=O)OC(C)(C)C)[C@H](O[C@H]2[C@H](O)[C@@H](O[C@H]3OC[C@](C)(O)[C@H](NC)[C@H]3O)[C@H](N)C[C@@H]2NC(=O)OC(C)(C)C)O1. The molecule has 3 fully saturated rings. The number of alkyl carbamates (subject to hydrolysis) is 3. The molecule has 3 amide bonds. The van der Waals surface area contributed by atoms with Gasteiger partial charge in [0.2, 0.25) is 6.29 Å². The van der Waals surface area contributed by atoms with Crippen LogP contribution in [0.5, 0.6) is 0 Å². The first-order valence-corrected chi connectivity index (χ1v) is 16.1. The van der Waals surface area contributed by atoms with Crippen LogP contribution < -0.4 is 27.0 Å². The molecular formula is C30H55N5O13. The lowest BCUT2D eigenvalue weighted by Crippen LogP contribution is -2.69. The number of hydrogen-bond donors (Lipinski definition) is 8. The van der Waals surface area contributed by atoms with E-state index in [1.807, 2.05) is 0 Å². The van der Waals surface area contributed by atoms with Gasteiger partial charge < -0.3 is 75.5 Å². The van der Waals surface area contributed by atoms with E-state index < -0.39 is 103 Å². The van der Waals surface area contributed by atoms with Gasteiger partial charge in [0.25, 0.3) is 0 Å². The molecule has 3 aliphatic rings. The van der Waals surface area contributed by atoms with Crippen molar-refractivity contribution in [1.29, 1.82) is 0 Å². The third kappa shape index (κ3) is 11.0. The van der Waals surface area contributed by atoms with Crippen LogP contribution in [0.15, 0.2) is 0 Å². The highest BCUT2D eigenvalue weighted by atomic mass is 16.8. The predicted octanol–water partition coefficient (Wildman–Crippen LogP) is -0.490. The first kappa shape index (κ1) is 39.9. The molecule has 2 aliphatic heterocycles. The van der Waals surface area contributed by atoms with Crippen molar-refractivity contribution in [1.82, 2.24) is 21.3 Å². The number of rotatable bonds is 8. The number of likely N-dealkylation sites (N-methyl/N-ethyl adjacent to an activating group) is 1. The van der Waals surface area contributed by atoms with E-state index in [1.54, 1.807) is 48.6 Å². The van der Waals surface area contributed by atoms with Gasteiger partial charge >= 0.3 is 18.3 Å². The van der Waals surface area contributed by atoms with Crippen molar-refractivity contribution in [2.24, 2.45) is 5.73 Å². The molecule has 0 spiro atoms. The normalized spacial score (nSPS) is 37.6. The maximum Gasteiger partial charge on any atom is 0.409 e. The van der Waals surface area contributed by atoms with Crippen LogP contribution >= 0.6 is 0 Å². The van der Waals surface area contributed by atoms with Gasteiger partial charge in [-0.3, -0.25) is 0 Å². The Morgan fingerprint density at radius 1 is 0.833 bits per heavy atom. The van der Waals surface area contributed by atoms with Crippen LogP contribution in [-0.4, -0.2) is 139 Å². The van der Waals surface area contributed by atoms with Gasteiger partial charge in [0.1, 0.15) is 41.2 Å². The third-order valence-corrected chi connectivity index (χ3v) is 7.92. The van der Waals surface area contributed by atoms with Crippen LogP contribution in [0.3, 0.4) is 0 Å². The minimum Gasteiger partial charge on any atom is -0.444 e. The monoisotopic (exact) mass is 693 g/mol. The van der Waals surface area contributed by atoms with E-state index in [1.165, 1.54) is 14.0 Å². The number of aliphatic hydroxyl groups is 3. The second-order valence-electron chi connectivity index (χ2n) is 14.6. The van der Waals surface area contributed by atoms with Crippen molar-refractivity contribution in [3.05, 3.63) is 0 Å². The number of nitrogens with one attached hydrogen (secondary N) is 4. The zero-order valence-corrected chi connectivity index (χ0v) is 29.2. The highest BCUT2D eigenvalue weighted by molar-refractivity contribution is 5.69. The Labute approximate surface area is 281 Å². The largest absolute Gasteiger partial charge is 0.444 e. The maximum absolute atomic E-state index is 12.9. The Balaban J connectivity index is 1.91. The zero-order chi connectivity index (χ0) is 36.2. The molecular weight excluding hydrogens is 638 g/mol. The number of nitrogens with two attached hydrogens (primary N) is 1. The second kappa shape index (κ2) is 16.0. The van der Waals surface area contributed by atoms with E-state index in [0.29, 0.717) is 0 Å². The number of carbonyl (C=O) groups is 3. The first-order valence-electron chi connectivity index (χ1n) is 16.1. The van der Waals surface area contributed by atoms with E-state index in [-0.39, 0.29) is 25.9 Å². The molecule has 9 N–H and O–H groups in total. The lowest BCUT2D eigenvalue weighted by molar-refractivity contribution is -0.316. The van der Waals surface area contributed by atoms with Crippen LogP contribution in [0.4, 0.5) is 14.4 Å². The Bertz CT molecular complexity index is 1100. The summed E-state index contributed by atoms with van der Waals surface area (Å²) in [6, 6.07) is -3.58. The lowest BCUT2D eigenvalue weighted by Gasteiger charge is -2.49. The van der Waals surface area contributed by atoms with Gasteiger partial charge in [0.05, 0.1) is 24.7 Å². The molecule has 2 saturated heterocycles. The number of aliphatic hydroxyl groups excluding tert-OH is 2. The maximum atomic E-state index is 12.9. The first-order chi connectivity index (χ1) is 22.1. The van der Waals surface area contributed by atoms with Crippen LogP contribution in [0.2, 0.25) is 0 Å². The van der Waals surface area contributed by atoms with Gasteiger partial charge in [-0.2, -0.15) is 0 Å². The summed E-state index contributed by atoms with van der Waals surface area (Å²) in [5.41, 5.74) is 3.40. The van der Waals surface area contributed by atoms with Crippen LogP contribution in [0, 0.1) is 0 Å². The van der Waals surface area contributed by atoms with Gasteiger partial charge in [-0.15, -0.1) is 0 Å². The van der Waals surface area contributed by atoms with Gasteiger partial charge in [0, 0.05) is 19.5 Å². The molecule has 0 aromatic carbocycles. The summed E-state index contributed by atoms with van der Waals surface area (Å²) in [4.78, 5) is 37.6. The van der Waals surface area contributed by atoms with E-state index >= 15 is 0 Å². The molecule has 0 aromatic heterocycles. The Hall–Kier alpha value is -2.55. The number of ether oxygens (including phenoxy) is 7. The standard InChI is InChI=1S/C30H55N5O13/c1-28(2,3)47-26(39)34-15-10-11-17(44-25(38)33-9)43-23(15)46-21-16(35-27(40)48-29(4,5)6)12-14(31)20(18(21)36)45-24-19(37)22(32-8)30(7,41)13-42-24/h14-24,32,36-37,41H,10-13,31H2,1-9H3,(H,33,38)(H,34,39)(H,35,40)/t14-,15-,16+,17+,18-,19-,20+,21-,22-,23+,24-,30+/m1/s1. The van der Waals surface area contributed by atoms with Crippen molar-refractivity contribution in [3.8, 4) is 0 Å². The molecule has 0 bridgehead atoms. The Morgan fingerprint density at radius 3 is 1.94 bits per heavy atom. The summed E-state index contributed by atoms with van der Waals surface area (Å²) in [5, 5.41) is 44.0. The lowest BCUT2D eigenvalue weighted by atomic mass is 9.83. The summed E-state index contributed by atoms with van der Waals surface area (Å²) >= 11 is 0. The van der Waals surface area contributed by atoms with Gasteiger partial charge in [0.15, 0.2) is 12.6 Å². The molecule has 48 heavy (non-hydrogen) atoms. The fourth-order valence-electron chi connectivity index (χ4n) is 5.83. The van der Waals surface area contributed by atoms with Crippen LogP contribution in [0.25, 0.3) is 0 Å². The average molecular weight is 694 g/mol. The molecule has 18 nitrogen and oxygen atoms in total. The fourth-order valence-corrected chi connectivity index (χ4v) is 5.83. The highest BCUT2D eigenvalue weighted by Gasteiger charge is 2.52. The summed E-state index contributed by atoms with van der Waals surface area (Å²) in [7, 11) is 2.95. The molecule has 278 valence electrons. The topological polar surface area (TPSA) is 251 Å². The Morgan fingerprint density at radius 2 is 1.40 bits per heavy atom. The molecule has 1 aliphatic carbocycles. The van der Waals surface area contributed by atoms with E-state index in [2.05, 4.69) is 21.3 Å². The van der Waals surface area contributed by atoms with Gasteiger partial charge in [-0.05, 0) is 68.4 Å². The predicted molar refractivity (Wildman–Crippen MR) is 167 cm³/mol. The second-order valence-corrected chi connectivity index (χ2v) is 14.6. The number of hydrogen-bond acceptors (Lipinski definition) is 15. The number of carbonyl (C=O) groups excluding carboxylic acids is 3. The van der Waals surface area contributed by atoms with E-state index in [4.69, 9.17) is 38.9 Å². The summed E-state index contributed by atoms with van der Waals surface area (Å²) in [5.74, 6) is 0. The molecule has 3 rings (SSSR count). The summed E-state index contributed by atoms with van der Waals surface area (Å²) in [6.45, 7) is 11.5. The van der Waals surface area contributed by atoms with E-state index in [9.17, 15) is 29.7 Å². The molecule has 1 saturated carbocycles. The van der Waals surface area contributed by atoms with Gasteiger partial charge in [-0.25, -0.2) is 14.4 Å². The average Bonchev–Trinajstić information content (AvgIpc) is 2.93. The summed E-state index contributed by atoms with van der Waals surface area (Å²) in [6.07, 6.45) is -11.1. The van der Waals surface area contributed by atoms with Gasteiger partial charge in [-0.1, -0.05) is 0 Å². The van der Waals surface area contributed by atoms with E-state index in [0.717, 1.165) is 0 Å². The van der Waals surface area contributed by atoms with Crippen LogP contribution in [-0.2, 0) is 33.2 Å². The molecule has 18 heteroatoms. The van der Waals surface area contributed by atoms with Crippen molar-refractivity contribution in [2.45, 2.75) is 152 Å². The molecule has 0 unspecified atom stereocenters. The number of amides is 3.